The van der Waals surface area contributed by atoms with Crippen LogP contribution in [0.1, 0.15) is 26.3 Å². The lowest BCUT2D eigenvalue weighted by molar-refractivity contribution is 0.295. The minimum atomic E-state index is 0.379. The fraction of sp³-hybridized carbons (Fsp3) is 0.500. The first-order valence-corrected chi connectivity index (χ1v) is 6.18. The quantitative estimate of drug-likeness (QED) is 0.818. The average Bonchev–Trinajstić information content (AvgIpc) is 2.36. The number of nitrogens with zero attached hydrogens (tertiary/aromatic N) is 2. The van der Waals surface area contributed by atoms with E-state index in [9.17, 15) is 0 Å². The van der Waals surface area contributed by atoms with Gasteiger partial charge in [0.2, 0.25) is 0 Å². The summed E-state index contributed by atoms with van der Waals surface area (Å²) < 4.78 is 0. The number of nitrogens with one attached hydrogen (secondary N) is 1. The molecule has 0 heterocycles. The number of benzene rings is 1. The van der Waals surface area contributed by atoms with E-state index in [1.165, 1.54) is 0 Å². The topological polar surface area (TPSA) is 39.1 Å². The van der Waals surface area contributed by atoms with E-state index in [0.29, 0.717) is 11.6 Å². The van der Waals surface area contributed by atoms with Gasteiger partial charge in [-0.05, 0) is 38.2 Å². The number of anilines is 1. The molecule has 1 aromatic carbocycles. The Morgan fingerprint density at radius 1 is 1.35 bits per heavy atom. The zero-order valence-corrected chi connectivity index (χ0v) is 10.9. The molecular formula is C14H21N3. The largest absolute Gasteiger partial charge is 0.381 e. The highest BCUT2D eigenvalue weighted by Gasteiger charge is 2.06. The molecule has 0 saturated heterocycles. The lowest BCUT2D eigenvalue weighted by Gasteiger charge is -2.24. The van der Waals surface area contributed by atoms with E-state index in [-0.39, 0.29) is 0 Å². The molecule has 0 aliphatic heterocycles. The van der Waals surface area contributed by atoms with Crippen LogP contribution in [0.25, 0.3) is 0 Å². The molecular weight excluding hydrogens is 210 g/mol. The van der Waals surface area contributed by atoms with E-state index in [2.05, 4.69) is 37.1 Å². The van der Waals surface area contributed by atoms with Crippen LogP contribution in [-0.4, -0.2) is 30.6 Å². The normalized spacial score (nSPS) is 12.2. The van der Waals surface area contributed by atoms with Crippen LogP contribution in [0.15, 0.2) is 24.3 Å². The van der Waals surface area contributed by atoms with Gasteiger partial charge in [0.05, 0.1) is 11.6 Å². The van der Waals surface area contributed by atoms with Crippen molar-refractivity contribution in [2.45, 2.75) is 26.8 Å². The summed E-state index contributed by atoms with van der Waals surface area (Å²) in [5.41, 5.74) is 1.72. The van der Waals surface area contributed by atoms with E-state index in [1.807, 2.05) is 24.3 Å². The molecule has 17 heavy (non-hydrogen) atoms. The summed E-state index contributed by atoms with van der Waals surface area (Å²) >= 11 is 0. The summed E-state index contributed by atoms with van der Waals surface area (Å²) in [6, 6.07) is 10.1. The maximum absolute atomic E-state index is 8.83. The van der Waals surface area contributed by atoms with Gasteiger partial charge < -0.3 is 10.2 Å². The molecule has 92 valence electrons. The van der Waals surface area contributed by atoms with Gasteiger partial charge in [-0.1, -0.05) is 19.9 Å². The molecule has 0 bridgehead atoms. The summed E-state index contributed by atoms with van der Waals surface area (Å²) in [6.07, 6.45) is 0. The molecule has 1 atom stereocenters. The van der Waals surface area contributed by atoms with Crippen molar-refractivity contribution < 1.29 is 0 Å². The minimum absolute atomic E-state index is 0.379. The van der Waals surface area contributed by atoms with E-state index >= 15 is 0 Å². The molecule has 1 N–H and O–H groups in total. The SMILES string of the molecule is CCN(CC)CC(C)Nc1cccc(C#N)c1. The Bertz CT molecular complexity index is 377. The van der Waals surface area contributed by atoms with Crippen molar-refractivity contribution in [3.63, 3.8) is 0 Å². The second-order valence-corrected chi connectivity index (χ2v) is 4.22. The summed E-state index contributed by atoms with van der Waals surface area (Å²) in [6.45, 7) is 9.67. The standard InChI is InChI=1S/C14H21N3/c1-4-17(5-2)11-12(3)16-14-8-6-7-13(9-14)10-15/h6-9,12,16H,4-5,11H2,1-3H3. The number of rotatable bonds is 6. The third-order valence-electron chi connectivity index (χ3n) is 2.83. The fourth-order valence-corrected chi connectivity index (χ4v) is 1.88. The average molecular weight is 231 g/mol. The van der Waals surface area contributed by atoms with E-state index in [0.717, 1.165) is 25.3 Å². The molecule has 0 aromatic heterocycles. The Kier molecular flexibility index (Phi) is 5.51. The smallest absolute Gasteiger partial charge is 0.0992 e. The first-order chi connectivity index (χ1) is 8.19. The van der Waals surface area contributed by atoms with Crippen molar-refractivity contribution in [3.05, 3.63) is 29.8 Å². The van der Waals surface area contributed by atoms with E-state index < -0.39 is 0 Å². The molecule has 1 aromatic rings. The van der Waals surface area contributed by atoms with Crippen molar-refractivity contribution >= 4 is 5.69 Å². The molecule has 0 spiro atoms. The predicted octanol–water partition coefficient (Wildman–Crippen LogP) is 2.70. The molecule has 3 nitrogen and oxygen atoms in total. The first kappa shape index (κ1) is 13.5. The van der Waals surface area contributed by atoms with E-state index in [1.54, 1.807) is 0 Å². The number of likely N-dealkylation sites (N-methyl/N-ethyl adjacent to an activating group) is 1. The third kappa shape index (κ3) is 4.46. The lowest BCUT2D eigenvalue weighted by atomic mass is 10.2. The first-order valence-electron chi connectivity index (χ1n) is 6.18. The molecule has 0 fully saturated rings. The van der Waals surface area contributed by atoms with Crippen molar-refractivity contribution in [2.75, 3.05) is 25.0 Å². The van der Waals surface area contributed by atoms with E-state index in [4.69, 9.17) is 5.26 Å². The number of hydrogen-bond acceptors (Lipinski definition) is 3. The highest BCUT2D eigenvalue weighted by molar-refractivity contribution is 5.49. The minimum Gasteiger partial charge on any atom is -0.381 e. The maximum Gasteiger partial charge on any atom is 0.0992 e. The number of hydrogen-bond donors (Lipinski definition) is 1. The maximum atomic E-state index is 8.83. The van der Waals surface area contributed by atoms with Crippen LogP contribution in [-0.2, 0) is 0 Å². The van der Waals surface area contributed by atoms with Gasteiger partial charge in [-0.15, -0.1) is 0 Å². The van der Waals surface area contributed by atoms with Gasteiger partial charge in [0.15, 0.2) is 0 Å². The van der Waals surface area contributed by atoms with Crippen LogP contribution in [0.4, 0.5) is 5.69 Å². The Labute approximate surface area is 104 Å². The summed E-state index contributed by atoms with van der Waals surface area (Å²) in [5, 5.41) is 12.3. The Balaban J connectivity index is 2.55. The summed E-state index contributed by atoms with van der Waals surface area (Å²) in [4.78, 5) is 2.38. The van der Waals surface area contributed by atoms with Gasteiger partial charge in [-0.2, -0.15) is 5.26 Å². The van der Waals surface area contributed by atoms with Gasteiger partial charge in [0.25, 0.3) is 0 Å². The summed E-state index contributed by atoms with van der Waals surface area (Å²) in [5.74, 6) is 0. The van der Waals surface area contributed by atoms with Gasteiger partial charge in [0, 0.05) is 18.3 Å². The van der Waals surface area contributed by atoms with Gasteiger partial charge in [-0.25, -0.2) is 0 Å². The second kappa shape index (κ2) is 6.93. The van der Waals surface area contributed by atoms with Crippen molar-refractivity contribution in [2.24, 2.45) is 0 Å². The highest BCUT2D eigenvalue weighted by atomic mass is 15.1. The molecule has 0 saturated carbocycles. The molecule has 1 rings (SSSR count). The van der Waals surface area contributed by atoms with Gasteiger partial charge in [-0.3, -0.25) is 0 Å². The molecule has 1 unspecified atom stereocenters. The van der Waals surface area contributed by atoms with Crippen LogP contribution >= 0.6 is 0 Å². The lowest BCUT2D eigenvalue weighted by Crippen LogP contribution is -2.34. The monoisotopic (exact) mass is 231 g/mol. The molecule has 3 heteroatoms. The van der Waals surface area contributed by atoms with Crippen LogP contribution in [0, 0.1) is 11.3 Å². The van der Waals surface area contributed by atoms with Crippen molar-refractivity contribution in [3.8, 4) is 6.07 Å². The van der Waals surface area contributed by atoms with Crippen molar-refractivity contribution in [1.82, 2.24) is 4.90 Å². The summed E-state index contributed by atoms with van der Waals surface area (Å²) in [7, 11) is 0. The van der Waals surface area contributed by atoms with Crippen molar-refractivity contribution in [1.29, 1.82) is 5.26 Å². The molecule has 0 radical (unpaired) electrons. The second-order valence-electron chi connectivity index (χ2n) is 4.22. The van der Waals surface area contributed by atoms with Gasteiger partial charge >= 0.3 is 0 Å². The Hall–Kier alpha value is -1.53. The fourth-order valence-electron chi connectivity index (χ4n) is 1.88. The van der Waals surface area contributed by atoms with Crippen LogP contribution in [0.5, 0.6) is 0 Å². The Morgan fingerprint density at radius 2 is 2.06 bits per heavy atom. The van der Waals surface area contributed by atoms with Crippen LogP contribution < -0.4 is 5.32 Å². The predicted molar refractivity (Wildman–Crippen MR) is 72.0 cm³/mol. The zero-order valence-electron chi connectivity index (χ0n) is 10.9. The van der Waals surface area contributed by atoms with Crippen LogP contribution in [0.2, 0.25) is 0 Å². The highest BCUT2D eigenvalue weighted by Crippen LogP contribution is 2.11. The van der Waals surface area contributed by atoms with Crippen LogP contribution in [0.3, 0.4) is 0 Å². The molecule has 0 aliphatic carbocycles. The van der Waals surface area contributed by atoms with Gasteiger partial charge in [0.1, 0.15) is 0 Å². The molecule has 0 aliphatic rings. The Morgan fingerprint density at radius 3 is 2.65 bits per heavy atom. The third-order valence-corrected chi connectivity index (χ3v) is 2.83. The number of nitriles is 1. The zero-order chi connectivity index (χ0) is 12.7. The molecule has 0 amide bonds.